The Morgan fingerprint density at radius 1 is 1.25 bits per heavy atom. The molecule has 0 saturated heterocycles. The summed E-state index contributed by atoms with van der Waals surface area (Å²) in [7, 11) is 0. The second kappa shape index (κ2) is 3.30. The molecule has 0 aromatic carbocycles. The topological polar surface area (TPSA) is 8.81 Å². The van der Waals surface area contributed by atoms with E-state index in [4.69, 9.17) is 0 Å². The van der Waals surface area contributed by atoms with Gasteiger partial charge in [0.1, 0.15) is 12.4 Å². The fourth-order valence-corrected chi connectivity index (χ4v) is 1.58. The molecule has 0 aliphatic carbocycles. The van der Waals surface area contributed by atoms with Crippen molar-refractivity contribution in [2.75, 3.05) is 0 Å². The maximum absolute atomic E-state index is 2.29. The largest absolute Gasteiger partial charge is 0.253 e. The summed E-state index contributed by atoms with van der Waals surface area (Å²) in [5, 5.41) is 0. The zero-order chi connectivity index (χ0) is 9.30. The third-order valence-electron chi connectivity index (χ3n) is 2.25. The Bertz CT molecular complexity index is 233. The highest BCUT2D eigenvalue weighted by atomic mass is 15.2. The van der Waals surface area contributed by atoms with Gasteiger partial charge in [0.25, 0.3) is 5.82 Å². The van der Waals surface area contributed by atoms with Crippen LogP contribution in [0.5, 0.6) is 0 Å². The monoisotopic (exact) mass is 167 g/mol. The molecule has 0 bridgehead atoms. The van der Waals surface area contributed by atoms with Gasteiger partial charge in [0.15, 0.2) is 0 Å². The fraction of sp³-hybridized carbons (Fsp3) is 0.700. The van der Waals surface area contributed by atoms with Crippen molar-refractivity contribution in [3.8, 4) is 0 Å². The van der Waals surface area contributed by atoms with E-state index in [0.29, 0.717) is 12.1 Å². The SMILES string of the molecule is Cc1n(C(C)C)cc[n+]1C(C)C. The molecule has 0 saturated carbocycles. The summed E-state index contributed by atoms with van der Waals surface area (Å²) in [4.78, 5) is 0. The van der Waals surface area contributed by atoms with Gasteiger partial charge in [-0.15, -0.1) is 0 Å². The van der Waals surface area contributed by atoms with Gasteiger partial charge in [-0.25, -0.2) is 9.13 Å². The first kappa shape index (κ1) is 9.30. The van der Waals surface area contributed by atoms with E-state index in [1.807, 2.05) is 0 Å². The minimum atomic E-state index is 0.560. The summed E-state index contributed by atoms with van der Waals surface area (Å²) >= 11 is 0. The van der Waals surface area contributed by atoms with Crippen LogP contribution in [0.2, 0.25) is 0 Å². The highest BCUT2D eigenvalue weighted by Gasteiger charge is 2.15. The van der Waals surface area contributed by atoms with Crippen molar-refractivity contribution in [2.45, 2.75) is 46.7 Å². The molecule has 0 unspecified atom stereocenters. The molecular weight excluding hydrogens is 148 g/mol. The smallest absolute Gasteiger partial charge is 0.232 e. The summed E-state index contributed by atoms with van der Waals surface area (Å²) < 4.78 is 4.58. The second-order valence-electron chi connectivity index (χ2n) is 3.85. The van der Waals surface area contributed by atoms with Crippen molar-refractivity contribution >= 4 is 0 Å². The predicted octanol–water partition coefficient (Wildman–Crippen LogP) is 2.25. The molecule has 68 valence electrons. The first-order valence-corrected chi connectivity index (χ1v) is 4.62. The van der Waals surface area contributed by atoms with Gasteiger partial charge < -0.3 is 0 Å². The standard InChI is InChI=1S/C10H19N2/c1-8(2)11-6-7-12(9(3)4)10(11)5/h6-9H,1-5H3/q+1. The van der Waals surface area contributed by atoms with E-state index in [1.165, 1.54) is 5.82 Å². The molecule has 0 radical (unpaired) electrons. The first-order valence-electron chi connectivity index (χ1n) is 4.62. The van der Waals surface area contributed by atoms with E-state index in [1.54, 1.807) is 0 Å². The van der Waals surface area contributed by atoms with E-state index < -0.39 is 0 Å². The Kier molecular flexibility index (Phi) is 2.55. The van der Waals surface area contributed by atoms with Crippen molar-refractivity contribution in [2.24, 2.45) is 0 Å². The van der Waals surface area contributed by atoms with Crippen molar-refractivity contribution < 1.29 is 4.57 Å². The molecule has 1 heterocycles. The number of nitrogens with zero attached hydrogens (tertiary/aromatic N) is 2. The molecule has 0 amide bonds. The molecule has 1 rings (SSSR count). The summed E-state index contributed by atoms with van der Waals surface area (Å²) in [6, 6.07) is 1.12. The van der Waals surface area contributed by atoms with Gasteiger partial charge in [-0.2, -0.15) is 0 Å². The maximum atomic E-state index is 2.29. The Labute approximate surface area is 74.8 Å². The van der Waals surface area contributed by atoms with Crippen LogP contribution in [0.3, 0.4) is 0 Å². The molecule has 2 nitrogen and oxygen atoms in total. The van der Waals surface area contributed by atoms with Gasteiger partial charge in [0.2, 0.25) is 0 Å². The third-order valence-corrected chi connectivity index (χ3v) is 2.25. The lowest BCUT2D eigenvalue weighted by atomic mass is 10.3. The number of rotatable bonds is 2. The van der Waals surface area contributed by atoms with Gasteiger partial charge in [-0.1, -0.05) is 0 Å². The predicted molar refractivity (Wildman–Crippen MR) is 50.1 cm³/mol. The van der Waals surface area contributed by atoms with Crippen LogP contribution in [-0.4, -0.2) is 4.57 Å². The van der Waals surface area contributed by atoms with Crippen LogP contribution < -0.4 is 4.57 Å². The molecular formula is C10H19N2+. The normalized spacial score (nSPS) is 11.6. The number of hydrogen-bond donors (Lipinski definition) is 0. The van der Waals surface area contributed by atoms with Crippen LogP contribution in [0.4, 0.5) is 0 Å². The maximum Gasteiger partial charge on any atom is 0.253 e. The van der Waals surface area contributed by atoms with Crippen molar-refractivity contribution in [3.05, 3.63) is 18.2 Å². The van der Waals surface area contributed by atoms with Gasteiger partial charge >= 0.3 is 0 Å². The van der Waals surface area contributed by atoms with Crippen LogP contribution in [0, 0.1) is 6.92 Å². The molecule has 0 aliphatic rings. The molecule has 2 heteroatoms. The number of hydrogen-bond acceptors (Lipinski definition) is 0. The van der Waals surface area contributed by atoms with Crippen molar-refractivity contribution in [1.82, 2.24) is 4.57 Å². The Morgan fingerprint density at radius 3 is 2.08 bits per heavy atom. The van der Waals surface area contributed by atoms with E-state index in [2.05, 4.69) is 56.1 Å². The Morgan fingerprint density at radius 2 is 1.83 bits per heavy atom. The average Bonchev–Trinajstić information content (AvgIpc) is 2.30. The van der Waals surface area contributed by atoms with E-state index in [9.17, 15) is 0 Å². The molecule has 0 spiro atoms. The second-order valence-corrected chi connectivity index (χ2v) is 3.85. The molecule has 1 aromatic rings. The molecule has 0 N–H and O–H groups in total. The van der Waals surface area contributed by atoms with E-state index >= 15 is 0 Å². The van der Waals surface area contributed by atoms with Gasteiger partial charge in [0.05, 0.1) is 12.1 Å². The van der Waals surface area contributed by atoms with Crippen LogP contribution in [0.25, 0.3) is 0 Å². The molecule has 12 heavy (non-hydrogen) atoms. The lowest BCUT2D eigenvalue weighted by Crippen LogP contribution is -2.37. The lowest BCUT2D eigenvalue weighted by molar-refractivity contribution is -0.721. The highest BCUT2D eigenvalue weighted by molar-refractivity contribution is 4.82. The number of aromatic nitrogens is 2. The summed E-state index contributed by atoms with van der Waals surface area (Å²) in [5.74, 6) is 1.33. The Balaban J connectivity index is 3.04. The minimum absolute atomic E-state index is 0.560. The van der Waals surface area contributed by atoms with E-state index in [0.717, 1.165) is 0 Å². The zero-order valence-electron chi connectivity index (χ0n) is 8.70. The quantitative estimate of drug-likeness (QED) is 0.597. The summed E-state index contributed by atoms with van der Waals surface area (Å²) in [6.07, 6.45) is 4.31. The van der Waals surface area contributed by atoms with Gasteiger partial charge in [0, 0.05) is 6.92 Å². The van der Waals surface area contributed by atoms with Crippen LogP contribution in [0.1, 0.15) is 45.6 Å². The fourth-order valence-electron chi connectivity index (χ4n) is 1.58. The summed E-state index contributed by atoms with van der Waals surface area (Å²) in [6.45, 7) is 11.0. The van der Waals surface area contributed by atoms with Crippen molar-refractivity contribution in [3.63, 3.8) is 0 Å². The third kappa shape index (κ3) is 1.52. The highest BCUT2D eigenvalue weighted by Crippen LogP contribution is 2.07. The van der Waals surface area contributed by atoms with Gasteiger partial charge in [-0.3, -0.25) is 0 Å². The van der Waals surface area contributed by atoms with Gasteiger partial charge in [-0.05, 0) is 27.7 Å². The molecule has 0 atom stereocenters. The Hall–Kier alpha value is -0.790. The van der Waals surface area contributed by atoms with Crippen LogP contribution in [-0.2, 0) is 0 Å². The lowest BCUT2D eigenvalue weighted by Gasteiger charge is -2.05. The first-order chi connectivity index (χ1) is 5.54. The van der Waals surface area contributed by atoms with Crippen LogP contribution in [0.15, 0.2) is 12.4 Å². The van der Waals surface area contributed by atoms with E-state index in [-0.39, 0.29) is 0 Å². The average molecular weight is 167 g/mol. The van der Waals surface area contributed by atoms with Crippen LogP contribution >= 0.6 is 0 Å². The zero-order valence-corrected chi connectivity index (χ0v) is 8.70. The molecule has 0 aliphatic heterocycles. The molecule has 0 fully saturated rings. The molecule has 1 aromatic heterocycles. The summed E-state index contributed by atoms with van der Waals surface area (Å²) in [5.41, 5.74) is 0. The number of imidazole rings is 1. The van der Waals surface area contributed by atoms with Crippen molar-refractivity contribution in [1.29, 1.82) is 0 Å². The minimum Gasteiger partial charge on any atom is -0.232 e.